The molecule has 0 amide bonds. The van der Waals surface area contributed by atoms with Crippen molar-refractivity contribution in [2.45, 2.75) is 13.3 Å². The van der Waals surface area contributed by atoms with Crippen LogP contribution in [-0.2, 0) is 6.42 Å². The number of rotatable bonds is 2. The summed E-state index contributed by atoms with van der Waals surface area (Å²) in [4.78, 5) is 9.13. The molecule has 4 heteroatoms. The molecule has 0 atom stereocenters. The van der Waals surface area contributed by atoms with Gasteiger partial charge in [-0.1, -0.05) is 48.9 Å². The molecule has 0 aliphatic carbocycles. The summed E-state index contributed by atoms with van der Waals surface area (Å²) in [5.74, 6) is 0.673. The molecule has 0 aliphatic rings. The van der Waals surface area contributed by atoms with Crippen LogP contribution >= 0.6 is 27.5 Å². The summed E-state index contributed by atoms with van der Waals surface area (Å²) in [6.07, 6.45) is 0.936. The van der Waals surface area contributed by atoms with Crippen molar-refractivity contribution < 1.29 is 0 Å². The minimum absolute atomic E-state index is 0.484. The molecule has 100 valence electrons. The highest BCUT2D eigenvalue weighted by atomic mass is 79.9. The third-order valence-electron chi connectivity index (χ3n) is 3.27. The maximum absolute atomic E-state index is 6.31. The number of aryl methyl sites for hydroxylation is 1. The summed E-state index contributed by atoms with van der Waals surface area (Å²) in [7, 11) is 0. The average molecular weight is 348 g/mol. The normalized spacial score (nSPS) is 10.9. The molecule has 2 nitrogen and oxygen atoms in total. The van der Waals surface area contributed by atoms with E-state index in [9.17, 15) is 0 Å². The van der Waals surface area contributed by atoms with Gasteiger partial charge in [-0.2, -0.15) is 0 Å². The number of hydrogen-bond acceptors (Lipinski definition) is 2. The molecular weight excluding hydrogens is 336 g/mol. The monoisotopic (exact) mass is 346 g/mol. The van der Waals surface area contributed by atoms with E-state index in [1.165, 1.54) is 5.56 Å². The number of para-hydroxylation sites is 1. The fourth-order valence-electron chi connectivity index (χ4n) is 2.25. The number of nitrogens with zero attached hydrogens (tertiary/aromatic N) is 2. The second-order valence-electron chi connectivity index (χ2n) is 4.48. The zero-order chi connectivity index (χ0) is 14.1. The highest BCUT2D eigenvalue weighted by Gasteiger charge is 2.11. The van der Waals surface area contributed by atoms with Crippen molar-refractivity contribution in [3.8, 4) is 11.4 Å². The fraction of sp³-hybridized carbons (Fsp3) is 0.125. The number of fused-ring (bicyclic) bond motifs is 1. The molecule has 0 unspecified atom stereocenters. The molecule has 0 spiro atoms. The van der Waals surface area contributed by atoms with Gasteiger partial charge in [0, 0.05) is 15.4 Å². The lowest BCUT2D eigenvalue weighted by Crippen LogP contribution is -1.95. The van der Waals surface area contributed by atoms with Crippen molar-refractivity contribution >= 4 is 38.4 Å². The maximum Gasteiger partial charge on any atom is 0.161 e. The van der Waals surface area contributed by atoms with Crippen molar-refractivity contribution in [2.75, 3.05) is 0 Å². The first-order chi connectivity index (χ1) is 9.70. The van der Waals surface area contributed by atoms with E-state index < -0.39 is 0 Å². The van der Waals surface area contributed by atoms with Crippen LogP contribution < -0.4 is 0 Å². The zero-order valence-corrected chi connectivity index (χ0v) is 13.2. The van der Waals surface area contributed by atoms with Crippen LogP contribution in [-0.4, -0.2) is 9.97 Å². The Morgan fingerprint density at radius 1 is 1.05 bits per heavy atom. The first-order valence-corrected chi connectivity index (χ1v) is 7.58. The Morgan fingerprint density at radius 3 is 2.65 bits per heavy atom. The van der Waals surface area contributed by atoms with Crippen LogP contribution in [0.1, 0.15) is 12.5 Å². The predicted molar refractivity (Wildman–Crippen MR) is 87.1 cm³/mol. The molecule has 0 bridgehead atoms. The Bertz CT molecular complexity index is 787. The van der Waals surface area contributed by atoms with Crippen LogP contribution in [0.15, 0.2) is 46.9 Å². The Balaban J connectivity index is 2.30. The maximum atomic E-state index is 6.31. The van der Waals surface area contributed by atoms with Gasteiger partial charge in [0.15, 0.2) is 5.82 Å². The molecule has 0 radical (unpaired) electrons. The van der Waals surface area contributed by atoms with E-state index >= 15 is 0 Å². The third kappa shape index (κ3) is 2.32. The van der Waals surface area contributed by atoms with Gasteiger partial charge in [0.25, 0.3) is 0 Å². The molecule has 1 aromatic heterocycles. The molecule has 3 aromatic rings. The molecule has 20 heavy (non-hydrogen) atoms. The number of aromatic nitrogens is 2. The molecule has 0 saturated carbocycles. The largest absolute Gasteiger partial charge is 0.227 e. The van der Waals surface area contributed by atoms with Crippen molar-refractivity contribution in [2.24, 2.45) is 0 Å². The van der Waals surface area contributed by atoms with Gasteiger partial charge in [-0.25, -0.2) is 9.97 Å². The lowest BCUT2D eigenvalue weighted by Gasteiger charge is -2.09. The molecular formula is C16H12BrClN2. The summed E-state index contributed by atoms with van der Waals surface area (Å²) in [6, 6.07) is 14.0. The van der Waals surface area contributed by atoms with Gasteiger partial charge in [-0.05, 0) is 40.0 Å². The van der Waals surface area contributed by atoms with Gasteiger partial charge in [-0.3, -0.25) is 0 Å². The first-order valence-electron chi connectivity index (χ1n) is 6.40. The van der Waals surface area contributed by atoms with Crippen molar-refractivity contribution in [1.82, 2.24) is 9.97 Å². The molecule has 0 fully saturated rings. The van der Waals surface area contributed by atoms with E-state index in [2.05, 4.69) is 38.9 Å². The number of halogens is 2. The molecule has 2 aromatic carbocycles. The third-order valence-corrected chi connectivity index (χ3v) is 4.20. The van der Waals surface area contributed by atoms with Crippen LogP contribution in [0.25, 0.3) is 22.3 Å². The second kappa shape index (κ2) is 5.51. The van der Waals surface area contributed by atoms with E-state index in [1.54, 1.807) is 0 Å². The quantitative estimate of drug-likeness (QED) is 0.590. The number of hydrogen-bond donors (Lipinski definition) is 0. The molecule has 0 aliphatic heterocycles. The van der Waals surface area contributed by atoms with Crippen LogP contribution in [0.5, 0.6) is 0 Å². The van der Waals surface area contributed by atoms with Crippen LogP contribution in [0, 0.1) is 0 Å². The van der Waals surface area contributed by atoms with Gasteiger partial charge >= 0.3 is 0 Å². The predicted octanol–water partition coefficient (Wildman–Crippen LogP) is 5.28. The van der Waals surface area contributed by atoms with Crippen molar-refractivity contribution in [3.63, 3.8) is 0 Å². The minimum Gasteiger partial charge on any atom is -0.227 e. The van der Waals surface area contributed by atoms with Gasteiger partial charge < -0.3 is 0 Å². The van der Waals surface area contributed by atoms with E-state index in [0.717, 1.165) is 27.4 Å². The summed E-state index contributed by atoms with van der Waals surface area (Å²) < 4.78 is 0.925. The molecule has 1 heterocycles. The molecule has 0 N–H and O–H groups in total. The SMILES string of the molecule is CCc1ccccc1-c1nc(Cl)c2cccc(Br)c2n1. The lowest BCUT2D eigenvalue weighted by molar-refractivity contribution is 1.12. The minimum atomic E-state index is 0.484. The van der Waals surface area contributed by atoms with E-state index in [0.29, 0.717) is 11.0 Å². The fourth-order valence-corrected chi connectivity index (χ4v) is 2.93. The van der Waals surface area contributed by atoms with E-state index in [4.69, 9.17) is 11.6 Å². The zero-order valence-electron chi connectivity index (χ0n) is 10.9. The summed E-state index contributed by atoms with van der Waals surface area (Å²) in [6.45, 7) is 2.12. The highest BCUT2D eigenvalue weighted by Crippen LogP contribution is 2.30. The summed E-state index contributed by atoms with van der Waals surface area (Å²) >= 11 is 9.83. The van der Waals surface area contributed by atoms with Gasteiger partial charge in [0.2, 0.25) is 0 Å². The Hall–Kier alpha value is -1.45. The summed E-state index contributed by atoms with van der Waals surface area (Å²) in [5.41, 5.74) is 3.10. The topological polar surface area (TPSA) is 25.8 Å². The van der Waals surface area contributed by atoms with Gasteiger partial charge in [0.1, 0.15) is 5.15 Å². The van der Waals surface area contributed by atoms with Crippen LogP contribution in [0.2, 0.25) is 5.15 Å². The van der Waals surface area contributed by atoms with Crippen LogP contribution in [0.3, 0.4) is 0 Å². The van der Waals surface area contributed by atoms with Gasteiger partial charge in [0.05, 0.1) is 5.52 Å². The highest BCUT2D eigenvalue weighted by molar-refractivity contribution is 9.10. The van der Waals surface area contributed by atoms with E-state index in [-0.39, 0.29) is 0 Å². The van der Waals surface area contributed by atoms with Crippen molar-refractivity contribution in [3.05, 3.63) is 57.7 Å². The van der Waals surface area contributed by atoms with E-state index in [1.807, 2.05) is 36.4 Å². The number of benzene rings is 2. The average Bonchev–Trinajstić information content (AvgIpc) is 2.48. The smallest absolute Gasteiger partial charge is 0.161 e. The van der Waals surface area contributed by atoms with Crippen LogP contribution in [0.4, 0.5) is 0 Å². The Morgan fingerprint density at radius 2 is 1.85 bits per heavy atom. The Labute approximate surface area is 131 Å². The standard InChI is InChI=1S/C16H12BrClN2/c1-2-10-6-3-4-7-11(10)16-19-14-12(15(18)20-16)8-5-9-13(14)17/h3-9H,2H2,1H3. The summed E-state index contributed by atoms with van der Waals surface area (Å²) in [5, 5.41) is 1.34. The first kappa shape index (κ1) is 13.5. The lowest BCUT2D eigenvalue weighted by atomic mass is 10.0. The second-order valence-corrected chi connectivity index (χ2v) is 5.70. The van der Waals surface area contributed by atoms with Crippen molar-refractivity contribution in [1.29, 1.82) is 0 Å². The van der Waals surface area contributed by atoms with Gasteiger partial charge in [-0.15, -0.1) is 0 Å². The Kier molecular flexibility index (Phi) is 3.72. The molecule has 0 saturated heterocycles. The molecule has 3 rings (SSSR count).